The number of aliphatic hydroxyl groups is 1. The van der Waals surface area contributed by atoms with Crippen LogP contribution in [0, 0.1) is 24.7 Å². The van der Waals surface area contributed by atoms with Crippen LogP contribution in [0.3, 0.4) is 0 Å². The van der Waals surface area contributed by atoms with Gasteiger partial charge in [-0.25, -0.2) is 0 Å². The summed E-state index contributed by atoms with van der Waals surface area (Å²) in [6.45, 7) is 14.6. The molecule has 3 heterocycles. The van der Waals surface area contributed by atoms with Crippen LogP contribution < -0.4 is 10.2 Å². The number of ether oxygens (including phenoxy) is 2. The fraction of sp³-hybridized carbons (Fsp3) is 0.487. The van der Waals surface area contributed by atoms with Crippen molar-refractivity contribution >= 4 is 41.0 Å². The van der Waals surface area contributed by atoms with E-state index < -0.39 is 65.6 Å². The summed E-state index contributed by atoms with van der Waals surface area (Å²) in [5, 5.41) is 13.9. The highest BCUT2D eigenvalue weighted by Crippen LogP contribution is 2.60. The predicted molar refractivity (Wildman–Crippen MR) is 191 cm³/mol. The van der Waals surface area contributed by atoms with Gasteiger partial charge in [0.15, 0.2) is 0 Å². The van der Waals surface area contributed by atoms with E-state index in [9.17, 15) is 24.3 Å². The zero-order valence-electron chi connectivity index (χ0n) is 29.2. The van der Waals surface area contributed by atoms with Gasteiger partial charge in [-0.2, -0.15) is 0 Å². The molecule has 2 bridgehead atoms. The van der Waals surface area contributed by atoms with Crippen LogP contribution in [-0.4, -0.2) is 76.7 Å². The predicted octanol–water partition coefficient (Wildman–Crippen LogP) is 5.31. The number of likely N-dealkylation sites (tertiary alicyclic amines) is 1. The zero-order valence-corrected chi connectivity index (χ0v) is 30.0. The number of aliphatic hydroxyl groups excluding tert-OH is 1. The fourth-order valence-electron chi connectivity index (χ4n) is 8.09. The molecule has 3 fully saturated rings. The van der Waals surface area contributed by atoms with Crippen molar-refractivity contribution in [3.8, 4) is 0 Å². The number of halogens is 1. The minimum atomic E-state index is -1.34. The number of esters is 1. The number of rotatable bonds is 15. The minimum absolute atomic E-state index is 0.109. The van der Waals surface area contributed by atoms with Crippen molar-refractivity contribution in [2.45, 2.75) is 89.3 Å². The lowest BCUT2D eigenvalue weighted by molar-refractivity contribution is -0.162. The Balaban J connectivity index is 1.54. The van der Waals surface area contributed by atoms with Gasteiger partial charge in [0.1, 0.15) is 17.7 Å². The van der Waals surface area contributed by atoms with Crippen LogP contribution in [-0.2, 0) is 28.7 Å². The van der Waals surface area contributed by atoms with Crippen LogP contribution in [0.1, 0.15) is 63.7 Å². The second-order valence-electron chi connectivity index (χ2n) is 13.9. The van der Waals surface area contributed by atoms with Crippen molar-refractivity contribution in [3.05, 3.63) is 90.0 Å². The van der Waals surface area contributed by atoms with Crippen LogP contribution in [0.15, 0.2) is 73.8 Å². The summed E-state index contributed by atoms with van der Waals surface area (Å²) in [5.41, 5.74) is 0.594. The SMILES string of the molecule is C=CCCC(=O)N[C@H](C)[C@@H](OC(=O)[C@@H]1[C@H]2C(=O)N([C@@H](CO)C(C)C)[C@H](C(=O)N(CC=C)c3c(C)cccc3Cl)[C@]23CC[C@H]1O3)c1ccccc1. The molecule has 3 saturated heterocycles. The van der Waals surface area contributed by atoms with Gasteiger partial charge in [-0.1, -0.05) is 80.1 Å². The maximum Gasteiger partial charge on any atom is 0.313 e. The molecule has 11 heteroatoms. The van der Waals surface area contributed by atoms with E-state index in [2.05, 4.69) is 18.5 Å². The molecule has 0 aliphatic carbocycles. The molecule has 0 unspecified atom stereocenters. The quantitative estimate of drug-likeness (QED) is 0.190. The first kappa shape index (κ1) is 37.3. The molecule has 268 valence electrons. The summed E-state index contributed by atoms with van der Waals surface area (Å²) in [7, 11) is 0. The smallest absolute Gasteiger partial charge is 0.313 e. The summed E-state index contributed by atoms with van der Waals surface area (Å²) in [6, 6.07) is 12.0. The van der Waals surface area contributed by atoms with E-state index >= 15 is 0 Å². The number of benzene rings is 2. The van der Waals surface area contributed by atoms with Crippen molar-refractivity contribution in [1.29, 1.82) is 0 Å². The minimum Gasteiger partial charge on any atom is -0.455 e. The molecule has 2 aromatic carbocycles. The van der Waals surface area contributed by atoms with Gasteiger partial charge in [0.05, 0.1) is 47.3 Å². The lowest BCUT2D eigenvalue weighted by Crippen LogP contribution is -2.60. The summed E-state index contributed by atoms with van der Waals surface area (Å²) >= 11 is 6.68. The number of anilines is 1. The van der Waals surface area contributed by atoms with Crippen molar-refractivity contribution < 1.29 is 33.8 Å². The number of para-hydroxylation sites is 1. The lowest BCUT2D eigenvalue weighted by Gasteiger charge is -2.40. The van der Waals surface area contributed by atoms with Crippen molar-refractivity contribution in [1.82, 2.24) is 10.2 Å². The number of allylic oxidation sites excluding steroid dienone is 1. The van der Waals surface area contributed by atoms with E-state index in [-0.39, 0.29) is 31.4 Å². The Labute approximate surface area is 299 Å². The Bertz CT molecular complexity index is 1600. The highest BCUT2D eigenvalue weighted by Gasteiger charge is 2.76. The molecular formula is C39H48ClN3O7. The van der Waals surface area contributed by atoms with Gasteiger partial charge in [-0.15, -0.1) is 13.2 Å². The maximum atomic E-state index is 15.0. The number of hydrogen-bond donors (Lipinski definition) is 2. The van der Waals surface area contributed by atoms with Crippen LogP contribution in [0.2, 0.25) is 5.02 Å². The molecule has 10 nitrogen and oxygen atoms in total. The Kier molecular flexibility index (Phi) is 11.5. The Hall–Kier alpha value is -3.99. The van der Waals surface area contributed by atoms with E-state index in [0.29, 0.717) is 35.5 Å². The Morgan fingerprint density at radius 1 is 1.14 bits per heavy atom. The summed E-state index contributed by atoms with van der Waals surface area (Å²) in [4.78, 5) is 59.8. The molecule has 3 amide bonds. The molecule has 3 aliphatic rings. The van der Waals surface area contributed by atoms with E-state index in [1.807, 2.05) is 57.2 Å². The number of amides is 3. The van der Waals surface area contributed by atoms with E-state index in [1.165, 1.54) is 9.80 Å². The number of fused-ring (bicyclic) bond motifs is 1. The lowest BCUT2D eigenvalue weighted by atomic mass is 9.70. The first-order valence-electron chi connectivity index (χ1n) is 17.4. The first-order valence-corrected chi connectivity index (χ1v) is 17.7. The van der Waals surface area contributed by atoms with Gasteiger partial charge >= 0.3 is 5.97 Å². The largest absolute Gasteiger partial charge is 0.455 e. The number of hydrogen-bond acceptors (Lipinski definition) is 7. The number of nitrogens with one attached hydrogen (secondary N) is 1. The fourth-order valence-corrected chi connectivity index (χ4v) is 8.41. The number of aryl methyl sites for hydroxylation is 1. The first-order chi connectivity index (χ1) is 23.9. The molecule has 5 rings (SSSR count). The van der Waals surface area contributed by atoms with Crippen LogP contribution in [0.4, 0.5) is 5.69 Å². The molecule has 0 radical (unpaired) electrons. The van der Waals surface area contributed by atoms with Gasteiger partial charge < -0.3 is 29.7 Å². The molecule has 1 spiro atoms. The number of carbonyl (C=O) groups excluding carboxylic acids is 4. The standard InChI is InChI=1S/C39H48ClN3O7/c1-7-9-18-30(45)41-25(6)34(26-15-11-10-12-16-26)49-38(48)31-29-19-20-39(50-29)32(31)36(46)43(28(22-44)23(3)4)35(39)37(47)42(21-8-2)33-24(5)14-13-17-27(33)40/h7-8,10-17,23,25,28-29,31-32,34-35,44H,1-2,9,18-22H2,3-6H3,(H,41,45)/t25-,28+,29-,31+,32+,34-,35-,39+/m1/s1. The van der Waals surface area contributed by atoms with Crippen molar-refractivity contribution in [2.75, 3.05) is 18.1 Å². The molecule has 50 heavy (non-hydrogen) atoms. The highest BCUT2D eigenvalue weighted by atomic mass is 35.5. The maximum absolute atomic E-state index is 15.0. The van der Waals surface area contributed by atoms with Crippen LogP contribution in [0.5, 0.6) is 0 Å². The van der Waals surface area contributed by atoms with Gasteiger partial charge in [0.2, 0.25) is 11.8 Å². The van der Waals surface area contributed by atoms with Gasteiger partial charge in [-0.05, 0) is 56.2 Å². The molecule has 3 aliphatic heterocycles. The molecule has 0 saturated carbocycles. The number of nitrogens with zero attached hydrogens (tertiary/aromatic N) is 2. The van der Waals surface area contributed by atoms with E-state index in [4.69, 9.17) is 21.1 Å². The molecular weight excluding hydrogens is 658 g/mol. The monoisotopic (exact) mass is 705 g/mol. The second-order valence-corrected chi connectivity index (χ2v) is 14.3. The Morgan fingerprint density at radius 2 is 1.86 bits per heavy atom. The molecule has 2 aromatic rings. The highest BCUT2D eigenvalue weighted by molar-refractivity contribution is 6.34. The van der Waals surface area contributed by atoms with Crippen molar-refractivity contribution in [2.24, 2.45) is 17.8 Å². The van der Waals surface area contributed by atoms with Gasteiger partial charge in [-0.3, -0.25) is 19.2 Å². The van der Waals surface area contributed by atoms with Crippen LogP contribution in [0.25, 0.3) is 0 Å². The zero-order chi connectivity index (χ0) is 36.3. The third kappa shape index (κ3) is 6.73. The van der Waals surface area contributed by atoms with E-state index in [0.717, 1.165) is 5.56 Å². The van der Waals surface area contributed by atoms with Crippen molar-refractivity contribution in [3.63, 3.8) is 0 Å². The average molecular weight is 706 g/mol. The molecule has 2 N–H and O–H groups in total. The average Bonchev–Trinajstić information content (AvgIpc) is 3.73. The van der Waals surface area contributed by atoms with Crippen LogP contribution >= 0.6 is 11.6 Å². The third-order valence-electron chi connectivity index (χ3n) is 10.4. The summed E-state index contributed by atoms with van der Waals surface area (Å²) in [5.74, 6) is -3.96. The topological polar surface area (TPSA) is 125 Å². The molecule has 8 atom stereocenters. The summed E-state index contributed by atoms with van der Waals surface area (Å²) in [6.07, 6.45) is 3.28. The summed E-state index contributed by atoms with van der Waals surface area (Å²) < 4.78 is 12.9. The third-order valence-corrected chi connectivity index (χ3v) is 10.7. The van der Waals surface area contributed by atoms with Gasteiger partial charge in [0, 0.05) is 13.0 Å². The van der Waals surface area contributed by atoms with Gasteiger partial charge in [0.25, 0.3) is 5.91 Å². The molecule has 0 aromatic heterocycles. The normalized spacial score (nSPS) is 25.5. The van der Waals surface area contributed by atoms with E-state index in [1.54, 1.807) is 31.2 Å². The second kappa shape index (κ2) is 15.5. The number of carbonyl (C=O) groups is 4. The Morgan fingerprint density at radius 3 is 2.48 bits per heavy atom.